The van der Waals surface area contributed by atoms with E-state index in [2.05, 4.69) is 4.98 Å². The number of nitrogens with zero attached hydrogens (tertiary/aromatic N) is 2. The molecule has 0 aromatic carbocycles. The number of fused-ring (bicyclic) bond motifs is 1. The second kappa shape index (κ2) is 4.76. The molecule has 5 heteroatoms. The van der Waals surface area contributed by atoms with Crippen molar-refractivity contribution < 1.29 is 9.13 Å². The Balaban J connectivity index is 2.71. The average molecular weight is 250 g/mol. The molecule has 4 nitrogen and oxygen atoms in total. The molecule has 0 saturated carbocycles. The predicted molar refractivity (Wildman–Crippen MR) is 66.7 cm³/mol. The highest BCUT2D eigenvalue weighted by Gasteiger charge is 2.11. The number of hydrogen-bond acceptors (Lipinski definition) is 3. The molecule has 2 aromatic heterocycles. The Morgan fingerprint density at radius 3 is 2.78 bits per heavy atom. The number of aromatic nitrogens is 2. The van der Waals surface area contributed by atoms with E-state index >= 15 is 0 Å². The van der Waals surface area contributed by atoms with Crippen LogP contribution in [0, 0.1) is 5.82 Å². The molecule has 0 unspecified atom stereocenters. The highest BCUT2D eigenvalue weighted by atomic mass is 19.1. The molecule has 96 valence electrons. The summed E-state index contributed by atoms with van der Waals surface area (Å²) in [7, 11) is 0. The van der Waals surface area contributed by atoms with Gasteiger partial charge >= 0.3 is 0 Å². The SMILES string of the molecule is CCOc1cc(=O)n2cc(C(C)C)cc(F)c2n1. The molecular formula is C13H15FN2O2. The number of halogens is 1. The van der Waals surface area contributed by atoms with Crippen molar-refractivity contribution in [2.45, 2.75) is 26.7 Å². The van der Waals surface area contributed by atoms with Gasteiger partial charge in [0.15, 0.2) is 11.5 Å². The van der Waals surface area contributed by atoms with Crippen molar-refractivity contribution in [3.8, 4) is 5.88 Å². The third kappa shape index (κ3) is 2.20. The summed E-state index contributed by atoms with van der Waals surface area (Å²) in [5.74, 6) is -0.221. The van der Waals surface area contributed by atoms with Gasteiger partial charge in [-0.1, -0.05) is 13.8 Å². The molecule has 0 fully saturated rings. The zero-order chi connectivity index (χ0) is 13.3. The van der Waals surface area contributed by atoms with Crippen LogP contribution < -0.4 is 10.3 Å². The average Bonchev–Trinajstić information content (AvgIpc) is 2.30. The standard InChI is InChI=1S/C13H15FN2O2/c1-4-18-11-6-12(17)16-7-9(8(2)3)5-10(14)13(16)15-11/h5-8H,4H2,1-3H3. The minimum Gasteiger partial charge on any atom is -0.478 e. The second-order valence-electron chi connectivity index (χ2n) is 4.34. The molecule has 0 amide bonds. The van der Waals surface area contributed by atoms with E-state index in [1.807, 2.05) is 13.8 Å². The molecule has 0 saturated heterocycles. The van der Waals surface area contributed by atoms with Crippen LogP contribution in [0.15, 0.2) is 23.1 Å². The maximum atomic E-state index is 13.9. The minimum atomic E-state index is -0.514. The first-order valence-electron chi connectivity index (χ1n) is 5.88. The van der Waals surface area contributed by atoms with Gasteiger partial charge in [0.2, 0.25) is 5.88 Å². The van der Waals surface area contributed by atoms with E-state index in [-0.39, 0.29) is 23.0 Å². The van der Waals surface area contributed by atoms with Crippen molar-refractivity contribution in [3.05, 3.63) is 40.1 Å². The summed E-state index contributed by atoms with van der Waals surface area (Å²) in [6.45, 7) is 6.04. The van der Waals surface area contributed by atoms with Crippen LogP contribution in [0.3, 0.4) is 0 Å². The number of hydrogen-bond donors (Lipinski definition) is 0. The zero-order valence-electron chi connectivity index (χ0n) is 10.6. The van der Waals surface area contributed by atoms with Crippen LogP contribution in [0.1, 0.15) is 32.3 Å². The van der Waals surface area contributed by atoms with Crippen LogP contribution in [-0.4, -0.2) is 16.0 Å². The Bertz CT molecular complexity index is 635. The topological polar surface area (TPSA) is 43.6 Å². The van der Waals surface area contributed by atoms with Gasteiger partial charge in [0, 0.05) is 6.20 Å². The van der Waals surface area contributed by atoms with Crippen LogP contribution in [-0.2, 0) is 0 Å². The predicted octanol–water partition coefficient (Wildman–Crippen LogP) is 2.36. The third-order valence-electron chi connectivity index (χ3n) is 2.67. The van der Waals surface area contributed by atoms with Gasteiger partial charge in [-0.3, -0.25) is 9.20 Å². The molecule has 2 rings (SSSR count). The van der Waals surface area contributed by atoms with Gasteiger partial charge in [0.05, 0.1) is 12.7 Å². The maximum absolute atomic E-state index is 13.9. The number of rotatable bonds is 3. The Kier molecular flexibility index (Phi) is 3.32. The summed E-state index contributed by atoms with van der Waals surface area (Å²) < 4.78 is 20.3. The fourth-order valence-electron chi connectivity index (χ4n) is 1.70. The fraction of sp³-hybridized carbons (Fsp3) is 0.385. The molecule has 18 heavy (non-hydrogen) atoms. The first kappa shape index (κ1) is 12.5. The third-order valence-corrected chi connectivity index (χ3v) is 2.67. The Hall–Kier alpha value is -1.91. The molecule has 2 aromatic rings. The van der Waals surface area contributed by atoms with Crippen LogP contribution in [0.25, 0.3) is 5.65 Å². The van der Waals surface area contributed by atoms with E-state index in [4.69, 9.17) is 4.74 Å². The van der Waals surface area contributed by atoms with Crippen molar-refractivity contribution >= 4 is 5.65 Å². The maximum Gasteiger partial charge on any atom is 0.261 e. The van der Waals surface area contributed by atoms with Crippen LogP contribution in [0.4, 0.5) is 4.39 Å². The van der Waals surface area contributed by atoms with E-state index in [0.717, 1.165) is 5.56 Å². The first-order valence-corrected chi connectivity index (χ1v) is 5.88. The minimum absolute atomic E-state index is 0.00431. The molecule has 0 aliphatic heterocycles. The van der Waals surface area contributed by atoms with Crippen molar-refractivity contribution in [2.24, 2.45) is 0 Å². The van der Waals surface area contributed by atoms with Crippen molar-refractivity contribution in [2.75, 3.05) is 6.61 Å². The van der Waals surface area contributed by atoms with Crippen LogP contribution in [0.5, 0.6) is 5.88 Å². The second-order valence-corrected chi connectivity index (χ2v) is 4.34. The lowest BCUT2D eigenvalue weighted by atomic mass is 10.1. The van der Waals surface area contributed by atoms with E-state index in [1.165, 1.54) is 16.5 Å². The van der Waals surface area contributed by atoms with Crippen molar-refractivity contribution in [1.82, 2.24) is 9.38 Å². The Labute approximate surface area is 104 Å². The lowest BCUT2D eigenvalue weighted by Crippen LogP contribution is -2.16. The van der Waals surface area contributed by atoms with Gasteiger partial charge in [-0.05, 0) is 24.5 Å². The van der Waals surface area contributed by atoms with Gasteiger partial charge in [-0.15, -0.1) is 0 Å². The lowest BCUT2D eigenvalue weighted by Gasteiger charge is -2.09. The zero-order valence-corrected chi connectivity index (χ0v) is 10.6. The summed E-state index contributed by atoms with van der Waals surface area (Å²) in [4.78, 5) is 15.9. The quantitative estimate of drug-likeness (QED) is 0.839. The summed E-state index contributed by atoms with van der Waals surface area (Å²) in [6.07, 6.45) is 1.62. The molecule has 2 heterocycles. The molecule has 0 atom stereocenters. The van der Waals surface area contributed by atoms with E-state index in [1.54, 1.807) is 13.1 Å². The highest BCUT2D eigenvalue weighted by Crippen LogP contribution is 2.18. The molecule has 0 aliphatic carbocycles. The van der Waals surface area contributed by atoms with Gasteiger partial charge in [-0.25, -0.2) is 4.39 Å². The Morgan fingerprint density at radius 1 is 1.44 bits per heavy atom. The Morgan fingerprint density at radius 2 is 2.17 bits per heavy atom. The fourth-order valence-corrected chi connectivity index (χ4v) is 1.70. The monoisotopic (exact) mass is 250 g/mol. The molecule has 0 bridgehead atoms. The molecular weight excluding hydrogens is 235 g/mol. The number of pyridine rings is 1. The normalized spacial score (nSPS) is 11.2. The van der Waals surface area contributed by atoms with Crippen LogP contribution >= 0.6 is 0 Å². The summed E-state index contributed by atoms with van der Waals surface area (Å²) in [6, 6.07) is 2.67. The number of ether oxygens (including phenoxy) is 1. The van der Waals surface area contributed by atoms with Gasteiger partial charge in [-0.2, -0.15) is 4.98 Å². The van der Waals surface area contributed by atoms with Crippen molar-refractivity contribution in [3.63, 3.8) is 0 Å². The summed E-state index contributed by atoms with van der Waals surface area (Å²) >= 11 is 0. The van der Waals surface area contributed by atoms with Gasteiger partial charge < -0.3 is 4.74 Å². The van der Waals surface area contributed by atoms with Crippen LogP contribution in [0.2, 0.25) is 0 Å². The molecule has 0 spiro atoms. The smallest absolute Gasteiger partial charge is 0.261 e. The molecule has 0 radical (unpaired) electrons. The lowest BCUT2D eigenvalue weighted by molar-refractivity contribution is 0.326. The molecule has 0 aliphatic rings. The van der Waals surface area contributed by atoms with Crippen molar-refractivity contribution in [1.29, 1.82) is 0 Å². The van der Waals surface area contributed by atoms with Gasteiger partial charge in [0.1, 0.15) is 0 Å². The molecule has 0 N–H and O–H groups in total. The van der Waals surface area contributed by atoms with E-state index < -0.39 is 5.82 Å². The highest BCUT2D eigenvalue weighted by molar-refractivity contribution is 5.43. The largest absolute Gasteiger partial charge is 0.478 e. The summed E-state index contributed by atoms with van der Waals surface area (Å²) in [5.41, 5.74) is 0.410. The van der Waals surface area contributed by atoms with E-state index in [0.29, 0.717) is 6.61 Å². The van der Waals surface area contributed by atoms with E-state index in [9.17, 15) is 9.18 Å². The summed E-state index contributed by atoms with van der Waals surface area (Å²) in [5, 5.41) is 0. The first-order chi connectivity index (χ1) is 8.52. The van der Waals surface area contributed by atoms with Gasteiger partial charge in [0.25, 0.3) is 5.56 Å².